The number of aryl methyl sites for hydroxylation is 1. The van der Waals surface area contributed by atoms with Gasteiger partial charge in [-0.05, 0) is 30.2 Å². The lowest BCUT2D eigenvalue weighted by Gasteiger charge is -2.05. The summed E-state index contributed by atoms with van der Waals surface area (Å²) in [4.78, 5) is 0. The van der Waals surface area contributed by atoms with Crippen LogP contribution in [0.4, 0.5) is 0 Å². The van der Waals surface area contributed by atoms with Crippen molar-refractivity contribution >= 4 is 0 Å². The van der Waals surface area contributed by atoms with Gasteiger partial charge in [0.05, 0.1) is 11.6 Å². The summed E-state index contributed by atoms with van der Waals surface area (Å²) in [5.74, 6) is 0. The lowest BCUT2D eigenvalue weighted by Crippen LogP contribution is -2.12. The van der Waals surface area contributed by atoms with Crippen LogP contribution in [0.2, 0.25) is 0 Å². The Kier molecular flexibility index (Phi) is 4.11. The van der Waals surface area contributed by atoms with E-state index in [1.165, 1.54) is 11.1 Å². The Labute approximate surface area is 108 Å². The fraction of sp³-hybridized carbons (Fsp3) is 0.188. The highest BCUT2D eigenvalue weighted by Gasteiger charge is 1.96. The second-order valence-electron chi connectivity index (χ2n) is 4.40. The van der Waals surface area contributed by atoms with Gasteiger partial charge < -0.3 is 5.32 Å². The smallest absolute Gasteiger partial charge is 0.0991 e. The molecule has 0 amide bonds. The SMILES string of the molecule is Cc1ccc(CNCc2cccc(C#N)c2)cc1. The molecule has 0 saturated heterocycles. The van der Waals surface area contributed by atoms with Crippen LogP contribution in [0.3, 0.4) is 0 Å². The third-order valence-electron chi connectivity index (χ3n) is 2.83. The molecule has 90 valence electrons. The number of rotatable bonds is 4. The molecule has 0 unspecified atom stereocenters. The van der Waals surface area contributed by atoms with E-state index in [0.717, 1.165) is 18.7 Å². The Morgan fingerprint density at radius 2 is 1.72 bits per heavy atom. The van der Waals surface area contributed by atoms with Crippen LogP contribution in [0.25, 0.3) is 0 Å². The lowest BCUT2D eigenvalue weighted by atomic mass is 10.1. The third-order valence-corrected chi connectivity index (χ3v) is 2.83. The Hall–Kier alpha value is -2.11. The zero-order valence-corrected chi connectivity index (χ0v) is 10.5. The van der Waals surface area contributed by atoms with E-state index in [2.05, 4.69) is 42.6 Å². The summed E-state index contributed by atoms with van der Waals surface area (Å²) in [5.41, 5.74) is 4.41. The van der Waals surface area contributed by atoms with Gasteiger partial charge in [0.1, 0.15) is 0 Å². The second-order valence-corrected chi connectivity index (χ2v) is 4.40. The van der Waals surface area contributed by atoms with Crippen LogP contribution in [0.15, 0.2) is 48.5 Å². The zero-order chi connectivity index (χ0) is 12.8. The molecule has 0 heterocycles. The molecular weight excluding hydrogens is 220 g/mol. The number of nitrogens with zero attached hydrogens (tertiary/aromatic N) is 1. The molecule has 0 saturated carbocycles. The van der Waals surface area contributed by atoms with Crippen LogP contribution in [0.1, 0.15) is 22.3 Å². The monoisotopic (exact) mass is 236 g/mol. The van der Waals surface area contributed by atoms with Crippen LogP contribution >= 0.6 is 0 Å². The first-order chi connectivity index (χ1) is 8.78. The van der Waals surface area contributed by atoms with Crippen LogP contribution < -0.4 is 5.32 Å². The minimum atomic E-state index is 0.713. The number of nitriles is 1. The minimum Gasteiger partial charge on any atom is -0.309 e. The van der Waals surface area contributed by atoms with Gasteiger partial charge in [0.2, 0.25) is 0 Å². The molecule has 18 heavy (non-hydrogen) atoms. The van der Waals surface area contributed by atoms with Crippen LogP contribution in [0, 0.1) is 18.3 Å². The Bertz CT molecular complexity index is 550. The predicted molar refractivity (Wildman–Crippen MR) is 72.9 cm³/mol. The number of benzene rings is 2. The average Bonchev–Trinajstić information content (AvgIpc) is 2.41. The summed E-state index contributed by atoms with van der Waals surface area (Å²) in [6.07, 6.45) is 0. The van der Waals surface area contributed by atoms with Gasteiger partial charge in [-0.15, -0.1) is 0 Å². The van der Waals surface area contributed by atoms with Crippen molar-refractivity contribution in [2.24, 2.45) is 0 Å². The lowest BCUT2D eigenvalue weighted by molar-refractivity contribution is 0.693. The largest absolute Gasteiger partial charge is 0.309 e. The molecule has 0 aliphatic carbocycles. The summed E-state index contributed by atoms with van der Waals surface area (Å²) >= 11 is 0. The second kappa shape index (κ2) is 6.00. The van der Waals surface area contributed by atoms with E-state index in [1.54, 1.807) is 0 Å². The van der Waals surface area contributed by atoms with Crippen LogP contribution in [-0.4, -0.2) is 0 Å². The first-order valence-electron chi connectivity index (χ1n) is 6.03. The maximum Gasteiger partial charge on any atom is 0.0991 e. The zero-order valence-electron chi connectivity index (χ0n) is 10.5. The van der Waals surface area contributed by atoms with Gasteiger partial charge in [0.25, 0.3) is 0 Å². The molecule has 0 spiro atoms. The molecule has 0 radical (unpaired) electrons. The molecule has 2 nitrogen and oxygen atoms in total. The van der Waals surface area contributed by atoms with Crippen molar-refractivity contribution < 1.29 is 0 Å². The van der Waals surface area contributed by atoms with Crippen LogP contribution in [-0.2, 0) is 13.1 Å². The number of nitrogens with one attached hydrogen (secondary N) is 1. The maximum atomic E-state index is 8.82. The summed E-state index contributed by atoms with van der Waals surface area (Å²) in [6, 6.07) is 18.3. The molecule has 1 N–H and O–H groups in total. The van der Waals surface area contributed by atoms with E-state index in [4.69, 9.17) is 5.26 Å². The van der Waals surface area contributed by atoms with Crippen molar-refractivity contribution in [3.05, 3.63) is 70.8 Å². The van der Waals surface area contributed by atoms with Crippen molar-refractivity contribution in [3.8, 4) is 6.07 Å². The first kappa shape index (κ1) is 12.3. The molecular formula is C16H16N2. The molecule has 2 aromatic carbocycles. The van der Waals surface area contributed by atoms with Gasteiger partial charge in [-0.3, -0.25) is 0 Å². The van der Waals surface area contributed by atoms with Crippen molar-refractivity contribution in [2.75, 3.05) is 0 Å². The summed E-state index contributed by atoms with van der Waals surface area (Å²) in [5, 5.41) is 12.2. The summed E-state index contributed by atoms with van der Waals surface area (Å²) in [6.45, 7) is 3.71. The molecule has 2 aromatic rings. The van der Waals surface area contributed by atoms with Crippen molar-refractivity contribution in [2.45, 2.75) is 20.0 Å². The Morgan fingerprint density at radius 3 is 2.44 bits per heavy atom. The standard InChI is InChI=1S/C16H16N2/c1-13-5-7-14(8-6-13)11-18-12-16-4-2-3-15(9-16)10-17/h2-9,18H,11-12H2,1H3. The van der Waals surface area contributed by atoms with E-state index in [9.17, 15) is 0 Å². The van der Waals surface area contributed by atoms with E-state index in [1.807, 2.05) is 24.3 Å². The predicted octanol–water partition coefficient (Wildman–Crippen LogP) is 3.16. The van der Waals surface area contributed by atoms with Gasteiger partial charge in [-0.2, -0.15) is 5.26 Å². The van der Waals surface area contributed by atoms with Gasteiger partial charge in [0, 0.05) is 13.1 Å². The summed E-state index contributed by atoms with van der Waals surface area (Å²) < 4.78 is 0. The normalized spacial score (nSPS) is 10.0. The topological polar surface area (TPSA) is 35.8 Å². The van der Waals surface area contributed by atoms with Gasteiger partial charge in [-0.1, -0.05) is 42.0 Å². The van der Waals surface area contributed by atoms with Gasteiger partial charge >= 0.3 is 0 Å². The van der Waals surface area contributed by atoms with Crippen molar-refractivity contribution in [1.29, 1.82) is 5.26 Å². The Morgan fingerprint density at radius 1 is 1.00 bits per heavy atom. The Balaban J connectivity index is 1.88. The quantitative estimate of drug-likeness (QED) is 0.885. The molecule has 2 heteroatoms. The molecule has 0 aliphatic heterocycles. The highest BCUT2D eigenvalue weighted by molar-refractivity contribution is 5.32. The van der Waals surface area contributed by atoms with Crippen molar-refractivity contribution in [3.63, 3.8) is 0 Å². The van der Waals surface area contributed by atoms with E-state index >= 15 is 0 Å². The molecule has 0 aliphatic rings. The van der Waals surface area contributed by atoms with E-state index in [0.29, 0.717) is 5.56 Å². The first-order valence-corrected chi connectivity index (χ1v) is 6.03. The van der Waals surface area contributed by atoms with Crippen molar-refractivity contribution in [1.82, 2.24) is 5.32 Å². The van der Waals surface area contributed by atoms with E-state index < -0.39 is 0 Å². The molecule has 0 aromatic heterocycles. The number of hydrogen-bond acceptors (Lipinski definition) is 2. The van der Waals surface area contributed by atoms with Gasteiger partial charge in [-0.25, -0.2) is 0 Å². The molecule has 2 rings (SSSR count). The molecule has 0 bridgehead atoms. The fourth-order valence-corrected chi connectivity index (χ4v) is 1.81. The average molecular weight is 236 g/mol. The van der Waals surface area contributed by atoms with E-state index in [-0.39, 0.29) is 0 Å². The highest BCUT2D eigenvalue weighted by Crippen LogP contribution is 2.05. The highest BCUT2D eigenvalue weighted by atomic mass is 14.8. The molecule has 0 fully saturated rings. The minimum absolute atomic E-state index is 0.713. The van der Waals surface area contributed by atoms with Crippen LogP contribution in [0.5, 0.6) is 0 Å². The number of hydrogen-bond donors (Lipinski definition) is 1. The maximum absolute atomic E-state index is 8.82. The molecule has 0 atom stereocenters. The van der Waals surface area contributed by atoms with Gasteiger partial charge in [0.15, 0.2) is 0 Å². The fourth-order valence-electron chi connectivity index (χ4n) is 1.81. The third kappa shape index (κ3) is 3.44. The summed E-state index contributed by atoms with van der Waals surface area (Å²) in [7, 11) is 0.